The fraction of sp³-hybridized carbons (Fsp3) is 1.00. The molecule has 0 fully saturated rings. The Labute approximate surface area is 80.1 Å². The van der Waals surface area contributed by atoms with Gasteiger partial charge in [0.2, 0.25) is 0 Å². The third kappa shape index (κ3) is 10.6. The summed E-state index contributed by atoms with van der Waals surface area (Å²) in [6.07, 6.45) is 10.3. The second-order valence-electron chi connectivity index (χ2n) is 2.80. The van der Waals surface area contributed by atoms with E-state index in [-0.39, 0.29) is 0 Å². The molecule has 0 radical (unpaired) electrons. The first-order chi connectivity index (χ1) is 5.41. The van der Waals surface area contributed by atoms with E-state index in [1.165, 1.54) is 44.3 Å². The molecule has 0 heterocycles. The maximum atomic E-state index is 5.56. The van der Waals surface area contributed by atoms with E-state index in [1.807, 2.05) is 11.8 Å². The number of thioether (sulfide) groups is 1. The molecule has 0 aromatic heterocycles. The summed E-state index contributed by atoms with van der Waals surface area (Å²) in [5, 5.41) is 0. The first-order valence-corrected chi connectivity index (χ1v) is 6.39. The summed E-state index contributed by atoms with van der Waals surface area (Å²) in [5.74, 6) is 2.17. The van der Waals surface area contributed by atoms with Gasteiger partial charge in [0, 0.05) is 5.88 Å². The highest BCUT2D eigenvalue weighted by atomic mass is 35.5. The maximum Gasteiger partial charge on any atom is 0.0223 e. The molecule has 0 aliphatic carbocycles. The average molecular weight is 195 g/mol. The molecule has 0 rings (SSSR count). The van der Waals surface area contributed by atoms with Crippen molar-refractivity contribution >= 4 is 23.4 Å². The van der Waals surface area contributed by atoms with Gasteiger partial charge in [0.1, 0.15) is 0 Å². The van der Waals surface area contributed by atoms with E-state index in [0.29, 0.717) is 0 Å². The van der Waals surface area contributed by atoms with E-state index in [2.05, 4.69) is 6.26 Å². The van der Waals surface area contributed by atoms with Crippen LogP contribution in [0.4, 0.5) is 0 Å². The molecule has 0 spiro atoms. The van der Waals surface area contributed by atoms with E-state index in [0.717, 1.165) is 5.88 Å². The van der Waals surface area contributed by atoms with Crippen LogP contribution in [0.5, 0.6) is 0 Å². The van der Waals surface area contributed by atoms with E-state index in [1.54, 1.807) is 0 Å². The lowest BCUT2D eigenvalue weighted by atomic mass is 10.1. The van der Waals surface area contributed by atoms with Crippen molar-refractivity contribution in [1.82, 2.24) is 0 Å². The molecule has 0 aromatic carbocycles. The van der Waals surface area contributed by atoms with Crippen LogP contribution in [0.3, 0.4) is 0 Å². The van der Waals surface area contributed by atoms with Crippen LogP contribution in [0.2, 0.25) is 0 Å². The van der Waals surface area contributed by atoms with E-state index in [4.69, 9.17) is 11.6 Å². The number of hydrogen-bond donors (Lipinski definition) is 0. The molecule has 0 atom stereocenters. The molecule has 0 bridgehead atoms. The van der Waals surface area contributed by atoms with Crippen molar-refractivity contribution < 1.29 is 0 Å². The minimum atomic E-state index is 0.838. The maximum absolute atomic E-state index is 5.56. The van der Waals surface area contributed by atoms with Gasteiger partial charge >= 0.3 is 0 Å². The fourth-order valence-corrected chi connectivity index (χ4v) is 1.73. The van der Waals surface area contributed by atoms with E-state index >= 15 is 0 Å². The Morgan fingerprint density at radius 1 is 0.909 bits per heavy atom. The summed E-state index contributed by atoms with van der Waals surface area (Å²) >= 11 is 7.51. The van der Waals surface area contributed by atoms with Gasteiger partial charge in [0.15, 0.2) is 0 Å². The van der Waals surface area contributed by atoms with Crippen LogP contribution in [0.25, 0.3) is 0 Å². The van der Waals surface area contributed by atoms with Crippen LogP contribution < -0.4 is 0 Å². The number of hydrogen-bond acceptors (Lipinski definition) is 1. The van der Waals surface area contributed by atoms with Gasteiger partial charge in [0.25, 0.3) is 0 Å². The monoisotopic (exact) mass is 194 g/mol. The largest absolute Gasteiger partial charge is 0.165 e. The van der Waals surface area contributed by atoms with E-state index in [9.17, 15) is 0 Å². The number of unbranched alkanes of at least 4 members (excludes halogenated alkanes) is 5. The van der Waals surface area contributed by atoms with Crippen molar-refractivity contribution in [1.29, 1.82) is 0 Å². The number of rotatable bonds is 8. The third-order valence-corrected chi connectivity index (χ3v) is 2.70. The summed E-state index contributed by atoms with van der Waals surface area (Å²) in [6, 6.07) is 0. The van der Waals surface area contributed by atoms with Gasteiger partial charge in [-0.3, -0.25) is 0 Å². The Bertz CT molecular complexity index is 58.6. The molecule has 0 saturated heterocycles. The van der Waals surface area contributed by atoms with Crippen molar-refractivity contribution in [2.75, 3.05) is 17.9 Å². The molecule has 0 unspecified atom stereocenters. The zero-order valence-corrected chi connectivity index (χ0v) is 9.02. The van der Waals surface area contributed by atoms with Crippen molar-refractivity contribution in [3.8, 4) is 0 Å². The zero-order chi connectivity index (χ0) is 8.36. The topological polar surface area (TPSA) is 0 Å². The highest BCUT2D eigenvalue weighted by Gasteiger charge is 1.89. The summed E-state index contributed by atoms with van der Waals surface area (Å²) in [7, 11) is 0. The summed E-state index contributed by atoms with van der Waals surface area (Å²) < 4.78 is 0. The predicted octanol–water partition coefficient (Wildman–Crippen LogP) is 3.93. The molecule has 2 heteroatoms. The van der Waals surface area contributed by atoms with Gasteiger partial charge in [-0.15, -0.1) is 11.6 Å². The minimum Gasteiger partial charge on any atom is -0.165 e. The lowest BCUT2D eigenvalue weighted by Crippen LogP contribution is -1.82. The van der Waals surface area contributed by atoms with Gasteiger partial charge in [-0.1, -0.05) is 25.7 Å². The minimum absolute atomic E-state index is 0.838. The first-order valence-electron chi connectivity index (χ1n) is 4.46. The van der Waals surface area contributed by atoms with Crippen LogP contribution in [0.15, 0.2) is 0 Å². The predicted molar refractivity (Wildman–Crippen MR) is 56.8 cm³/mol. The Hall–Kier alpha value is 0.640. The summed E-state index contributed by atoms with van der Waals surface area (Å²) in [6.45, 7) is 0. The smallest absolute Gasteiger partial charge is 0.0223 e. The molecule has 0 amide bonds. The average Bonchev–Trinajstić information content (AvgIpc) is 2.03. The second-order valence-corrected chi connectivity index (χ2v) is 4.17. The summed E-state index contributed by atoms with van der Waals surface area (Å²) in [4.78, 5) is 0. The molecular formula is C9H19ClS. The molecule has 68 valence electrons. The molecule has 11 heavy (non-hydrogen) atoms. The SMILES string of the molecule is CSCCCCCCCCCl. The number of halogens is 1. The fourth-order valence-electron chi connectivity index (χ4n) is 1.05. The lowest BCUT2D eigenvalue weighted by molar-refractivity contribution is 0.628. The molecular weight excluding hydrogens is 176 g/mol. The first kappa shape index (κ1) is 11.6. The standard InChI is InChI=1S/C9H19ClS/c1-11-9-7-5-3-2-4-6-8-10/h2-9H2,1H3. The van der Waals surface area contributed by atoms with Crippen molar-refractivity contribution in [3.63, 3.8) is 0 Å². The Kier molecular flexibility index (Phi) is 11.3. The van der Waals surface area contributed by atoms with Crippen LogP contribution in [-0.2, 0) is 0 Å². The van der Waals surface area contributed by atoms with Gasteiger partial charge < -0.3 is 0 Å². The molecule has 0 N–H and O–H groups in total. The Morgan fingerprint density at radius 2 is 1.45 bits per heavy atom. The lowest BCUT2D eigenvalue weighted by Gasteiger charge is -1.98. The quantitative estimate of drug-likeness (QED) is 0.417. The molecule has 0 saturated carbocycles. The van der Waals surface area contributed by atoms with Crippen LogP contribution in [0, 0.1) is 0 Å². The van der Waals surface area contributed by atoms with Gasteiger partial charge in [-0.05, 0) is 24.9 Å². The Morgan fingerprint density at radius 3 is 2.00 bits per heavy atom. The second kappa shape index (κ2) is 10.6. The van der Waals surface area contributed by atoms with Crippen LogP contribution >= 0.6 is 23.4 Å². The normalized spacial score (nSPS) is 10.4. The van der Waals surface area contributed by atoms with Crippen molar-refractivity contribution in [3.05, 3.63) is 0 Å². The molecule has 0 nitrogen and oxygen atoms in total. The highest BCUT2D eigenvalue weighted by molar-refractivity contribution is 7.98. The van der Waals surface area contributed by atoms with Crippen molar-refractivity contribution in [2.24, 2.45) is 0 Å². The molecule has 0 aliphatic heterocycles. The van der Waals surface area contributed by atoms with Gasteiger partial charge in [-0.2, -0.15) is 11.8 Å². The summed E-state index contributed by atoms with van der Waals surface area (Å²) in [5.41, 5.74) is 0. The number of alkyl halides is 1. The molecule has 0 aliphatic rings. The molecule has 0 aromatic rings. The van der Waals surface area contributed by atoms with E-state index < -0.39 is 0 Å². The third-order valence-electron chi connectivity index (χ3n) is 1.73. The van der Waals surface area contributed by atoms with Gasteiger partial charge in [-0.25, -0.2) is 0 Å². The highest BCUT2D eigenvalue weighted by Crippen LogP contribution is 2.07. The zero-order valence-electron chi connectivity index (χ0n) is 7.44. The van der Waals surface area contributed by atoms with Crippen LogP contribution in [0.1, 0.15) is 38.5 Å². The Balaban J connectivity index is 2.69. The van der Waals surface area contributed by atoms with Gasteiger partial charge in [0.05, 0.1) is 0 Å². The van der Waals surface area contributed by atoms with Crippen molar-refractivity contribution in [2.45, 2.75) is 38.5 Å². The van der Waals surface area contributed by atoms with Crippen LogP contribution in [-0.4, -0.2) is 17.9 Å².